The molecule has 0 aliphatic heterocycles. The Kier molecular flexibility index (Phi) is 5.20. The summed E-state index contributed by atoms with van der Waals surface area (Å²) in [5.41, 5.74) is 7.85. The highest BCUT2D eigenvalue weighted by atomic mass is 16.5. The molecule has 0 fully saturated rings. The van der Waals surface area contributed by atoms with E-state index in [1.807, 2.05) is 55.5 Å². The molecule has 2 aromatic rings. The zero-order valence-corrected chi connectivity index (χ0v) is 12.7. The third kappa shape index (κ3) is 3.67. The SMILES string of the molecule is CCOc1cc(C(=CC(N)=O)c2ccccc2)ccc1OC. The maximum Gasteiger partial charge on any atom is 0.242 e. The summed E-state index contributed by atoms with van der Waals surface area (Å²) in [4.78, 5) is 11.4. The summed E-state index contributed by atoms with van der Waals surface area (Å²) in [5, 5.41) is 0. The maximum atomic E-state index is 11.4. The van der Waals surface area contributed by atoms with E-state index < -0.39 is 5.91 Å². The molecule has 0 bridgehead atoms. The number of ether oxygens (including phenoxy) is 2. The van der Waals surface area contributed by atoms with Gasteiger partial charge in [0.05, 0.1) is 13.7 Å². The molecule has 0 spiro atoms. The molecule has 2 rings (SSSR count). The number of hydrogen-bond donors (Lipinski definition) is 1. The minimum Gasteiger partial charge on any atom is -0.493 e. The van der Waals surface area contributed by atoms with Crippen LogP contribution in [0, 0.1) is 0 Å². The molecular formula is C18H19NO3. The van der Waals surface area contributed by atoms with Gasteiger partial charge in [-0.25, -0.2) is 0 Å². The molecule has 0 unspecified atom stereocenters. The van der Waals surface area contributed by atoms with Crippen molar-refractivity contribution in [1.82, 2.24) is 0 Å². The van der Waals surface area contributed by atoms with E-state index in [2.05, 4.69) is 0 Å². The lowest BCUT2D eigenvalue weighted by Gasteiger charge is -2.13. The van der Waals surface area contributed by atoms with Crippen LogP contribution in [0.4, 0.5) is 0 Å². The minimum absolute atomic E-state index is 0.493. The van der Waals surface area contributed by atoms with Gasteiger partial charge in [0.15, 0.2) is 11.5 Å². The van der Waals surface area contributed by atoms with Gasteiger partial charge in [-0.2, -0.15) is 0 Å². The molecule has 0 atom stereocenters. The number of carbonyl (C=O) groups is 1. The third-order valence-electron chi connectivity index (χ3n) is 3.15. The molecule has 4 nitrogen and oxygen atoms in total. The first-order valence-electron chi connectivity index (χ1n) is 7.03. The van der Waals surface area contributed by atoms with Crippen LogP contribution in [0.15, 0.2) is 54.6 Å². The molecule has 2 N–H and O–H groups in total. The van der Waals surface area contributed by atoms with E-state index in [1.54, 1.807) is 7.11 Å². The van der Waals surface area contributed by atoms with Crippen LogP contribution in [0.25, 0.3) is 5.57 Å². The fraction of sp³-hybridized carbons (Fsp3) is 0.167. The number of methoxy groups -OCH3 is 1. The van der Waals surface area contributed by atoms with Crippen LogP contribution in [0.5, 0.6) is 11.5 Å². The fourth-order valence-corrected chi connectivity index (χ4v) is 2.21. The second-order valence-electron chi connectivity index (χ2n) is 4.63. The van der Waals surface area contributed by atoms with Gasteiger partial charge in [-0.15, -0.1) is 0 Å². The Morgan fingerprint density at radius 1 is 1.09 bits per heavy atom. The van der Waals surface area contributed by atoms with Crippen LogP contribution in [0.2, 0.25) is 0 Å². The van der Waals surface area contributed by atoms with Crippen molar-refractivity contribution in [2.24, 2.45) is 5.73 Å². The number of hydrogen-bond acceptors (Lipinski definition) is 3. The average molecular weight is 297 g/mol. The molecule has 0 aliphatic rings. The monoisotopic (exact) mass is 297 g/mol. The van der Waals surface area contributed by atoms with Gasteiger partial charge in [-0.3, -0.25) is 4.79 Å². The Balaban J connectivity index is 2.53. The van der Waals surface area contributed by atoms with Crippen LogP contribution in [-0.4, -0.2) is 19.6 Å². The van der Waals surface area contributed by atoms with Crippen LogP contribution in [0.3, 0.4) is 0 Å². The summed E-state index contributed by atoms with van der Waals surface area (Å²) < 4.78 is 10.9. The number of nitrogens with two attached hydrogens (primary N) is 1. The quantitative estimate of drug-likeness (QED) is 0.834. The van der Waals surface area contributed by atoms with Crippen molar-refractivity contribution in [2.75, 3.05) is 13.7 Å². The van der Waals surface area contributed by atoms with Crippen molar-refractivity contribution in [2.45, 2.75) is 6.92 Å². The van der Waals surface area contributed by atoms with E-state index in [0.29, 0.717) is 18.1 Å². The van der Waals surface area contributed by atoms with Crippen molar-refractivity contribution in [3.05, 3.63) is 65.7 Å². The molecule has 22 heavy (non-hydrogen) atoms. The highest BCUT2D eigenvalue weighted by Crippen LogP contribution is 2.33. The van der Waals surface area contributed by atoms with Crippen molar-refractivity contribution < 1.29 is 14.3 Å². The number of rotatable bonds is 6. The van der Waals surface area contributed by atoms with Gasteiger partial charge in [0.25, 0.3) is 0 Å². The summed E-state index contributed by atoms with van der Waals surface area (Å²) >= 11 is 0. The second-order valence-corrected chi connectivity index (χ2v) is 4.63. The normalized spacial score (nSPS) is 11.1. The predicted molar refractivity (Wildman–Crippen MR) is 86.9 cm³/mol. The van der Waals surface area contributed by atoms with Crippen LogP contribution >= 0.6 is 0 Å². The van der Waals surface area contributed by atoms with Gasteiger partial charge in [-0.05, 0) is 35.8 Å². The molecule has 1 amide bonds. The smallest absolute Gasteiger partial charge is 0.242 e. The fourth-order valence-electron chi connectivity index (χ4n) is 2.21. The van der Waals surface area contributed by atoms with E-state index >= 15 is 0 Å². The van der Waals surface area contributed by atoms with Gasteiger partial charge in [0.2, 0.25) is 5.91 Å². The molecule has 0 aliphatic carbocycles. The summed E-state index contributed by atoms with van der Waals surface area (Å²) in [6.45, 7) is 2.43. The topological polar surface area (TPSA) is 61.5 Å². The van der Waals surface area contributed by atoms with Crippen molar-refractivity contribution >= 4 is 11.5 Å². The van der Waals surface area contributed by atoms with Gasteiger partial charge in [0, 0.05) is 6.08 Å². The Morgan fingerprint density at radius 3 is 2.41 bits per heavy atom. The highest BCUT2D eigenvalue weighted by molar-refractivity contribution is 5.98. The lowest BCUT2D eigenvalue weighted by atomic mass is 9.97. The van der Waals surface area contributed by atoms with E-state index in [4.69, 9.17) is 15.2 Å². The number of carbonyl (C=O) groups excluding carboxylic acids is 1. The summed E-state index contributed by atoms with van der Waals surface area (Å²) in [6.07, 6.45) is 1.42. The van der Waals surface area contributed by atoms with Crippen LogP contribution < -0.4 is 15.2 Å². The first kappa shape index (κ1) is 15.6. The number of amides is 1. The van der Waals surface area contributed by atoms with Crippen molar-refractivity contribution in [3.8, 4) is 11.5 Å². The first-order valence-corrected chi connectivity index (χ1v) is 7.03. The summed E-state index contributed by atoms with van der Waals surface area (Å²) in [7, 11) is 1.59. The second kappa shape index (κ2) is 7.31. The lowest BCUT2D eigenvalue weighted by molar-refractivity contribution is -0.113. The Morgan fingerprint density at radius 2 is 1.82 bits per heavy atom. The number of primary amides is 1. The van der Waals surface area contributed by atoms with E-state index in [9.17, 15) is 4.79 Å². The molecular weight excluding hydrogens is 278 g/mol. The molecule has 0 radical (unpaired) electrons. The number of benzene rings is 2. The summed E-state index contributed by atoms with van der Waals surface area (Å²) in [6, 6.07) is 15.2. The van der Waals surface area contributed by atoms with Crippen LogP contribution in [-0.2, 0) is 4.79 Å². The van der Waals surface area contributed by atoms with E-state index in [-0.39, 0.29) is 0 Å². The van der Waals surface area contributed by atoms with Crippen LogP contribution in [0.1, 0.15) is 18.1 Å². The zero-order chi connectivity index (χ0) is 15.9. The third-order valence-corrected chi connectivity index (χ3v) is 3.15. The Hall–Kier alpha value is -2.75. The molecule has 0 saturated heterocycles. The standard InChI is InChI=1S/C18H19NO3/c1-3-22-17-11-14(9-10-16(17)21-2)15(12-18(19)20)13-7-5-4-6-8-13/h4-12H,3H2,1-2H3,(H2,19,20). The van der Waals surface area contributed by atoms with Gasteiger partial charge in [0.1, 0.15) is 0 Å². The first-order chi connectivity index (χ1) is 10.7. The van der Waals surface area contributed by atoms with E-state index in [1.165, 1.54) is 6.08 Å². The van der Waals surface area contributed by atoms with Crippen molar-refractivity contribution in [1.29, 1.82) is 0 Å². The van der Waals surface area contributed by atoms with E-state index in [0.717, 1.165) is 16.7 Å². The Labute approximate surface area is 130 Å². The van der Waals surface area contributed by atoms with Gasteiger partial charge in [-0.1, -0.05) is 36.4 Å². The zero-order valence-electron chi connectivity index (χ0n) is 12.7. The molecule has 4 heteroatoms. The molecule has 0 saturated carbocycles. The molecule has 0 aromatic heterocycles. The van der Waals surface area contributed by atoms with Gasteiger partial charge < -0.3 is 15.2 Å². The maximum absolute atomic E-state index is 11.4. The molecule has 0 heterocycles. The molecule has 114 valence electrons. The summed E-state index contributed by atoms with van der Waals surface area (Å²) in [5.74, 6) is 0.790. The largest absolute Gasteiger partial charge is 0.493 e. The van der Waals surface area contributed by atoms with Crippen molar-refractivity contribution in [3.63, 3.8) is 0 Å². The predicted octanol–water partition coefficient (Wildman–Crippen LogP) is 3.01. The average Bonchev–Trinajstić information content (AvgIpc) is 2.53. The Bertz CT molecular complexity index is 678. The molecule has 2 aromatic carbocycles. The van der Waals surface area contributed by atoms with Gasteiger partial charge >= 0.3 is 0 Å². The lowest BCUT2D eigenvalue weighted by Crippen LogP contribution is -2.07. The highest BCUT2D eigenvalue weighted by Gasteiger charge is 2.11. The minimum atomic E-state index is -0.493.